The highest BCUT2D eigenvalue weighted by Gasteiger charge is 2.32. The molecule has 5 heteroatoms. The molecule has 0 spiro atoms. The molecule has 20 heavy (non-hydrogen) atoms. The van der Waals surface area contributed by atoms with Crippen molar-refractivity contribution in [2.75, 3.05) is 33.7 Å². The van der Waals surface area contributed by atoms with Crippen LogP contribution in [-0.2, 0) is 0 Å². The summed E-state index contributed by atoms with van der Waals surface area (Å²) in [5, 5.41) is 9.78. The number of benzene rings is 1. The van der Waals surface area contributed by atoms with Crippen LogP contribution in [0.2, 0.25) is 0 Å². The highest BCUT2D eigenvalue weighted by atomic mass is 19.1. The van der Waals surface area contributed by atoms with E-state index < -0.39 is 0 Å². The third-order valence-electron chi connectivity index (χ3n) is 3.59. The molecule has 0 amide bonds. The van der Waals surface area contributed by atoms with E-state index in [9.17, 15) is 14.3 Å². The van der Waals surface area contributed by atoms with E-state index in [0.29, 0.717) is 18.5 Å². The van der Waals surface area contributed by atoms with Crippen molar-refractivity contribution in [3.63, 3.8) is 0 Å². The number of carbonyl (C=O) groups excluding carboxylic acids is 1. The second kappa shape index (κ2) is 6.43. The molecule has 2 rings (SSSR count). The van der Waals surface area contributed by atoms with Gasteiger partial charge in [0.1, 0.15) is 5.82 Å². The number of β-amino-alcohol motifs (C(OH)–C–C–N with tert-alkyl or cyclic N) is 1. The zero-order valence-electron chi connectivity index (χ0n) is 11.9. The van der Waals surface area contributed by atoms with Crippen LogP contribution >= 0.6 is 0 Å². The normalized spacial score (nSPS) is 23.4. The average molecular weight is 280 g/mol. The number of hydrogen-bond acceptors (Lipinski definition) is 4. The Morgan fingerprint density at radius 3 is 2.65 bits per heavy atom. The van der Waals surface area contributed by atoms with Gasteiger partial charge in [0.25, 0.3) is 0 Å². The van der Waals surface area contributed by atoms with Crippen LogP contribution in [0, 0.1) is 5.82 Å². The highest BCUT2D eigenvalue weighted by Crippen LogP contribution is 2.19. The first-order chi connectivity index (χ1) is 9.45. The summed E-state index contributed by atoms with van der Waals surface area (Å²) in [4.78, 5) is 16.3. The van der Waals surface area contributed by atoms with Gasteiger partial charge in [0, 0.05) is 24.7 Å². The maximum atomic E-state index is 12.9. The van der Waals surface area contributed by atoms with Crippen LogP contribution < -0.4 is 0 Å². The smallest absolute Gasteiger partial charge is 0.176 e. The molecule has 1 heterocycles. The molecule has 1 fully saturated rings. The van der Waals surface area contributed by atoms with Gasteiger partial charge in [-0.2, -0.15) is 0 Å². The van der Waals surface area contributed by atoms with Gasteiger partial charge < -0.3 is 10.0 Å². The van der Waals surface area contributed by atoms with Crippen LogP contribution in [0.4, 0.5) is 4.39 Å². The Bertz CT molecular complexity index is 461. The molecule has 1 saturated heterocycles. The van der Waals surface area contributed by atoms with Gasteiger partial charge in [0.05, 0.1) is 12.6 Å². The molecule has 0 saturated carbocycles. The number of Topliss-reactive ketones (excluding diaryl/α,β-unsaturated/α-hetero) is 1. The van der Waals surface area contributed by atoms with Crippen LogP contribution in [0.5, 0.6) is 0 Å². The summed E-state index contributed by atoms with van der Waals surface area (Å²) in [7, 11) is 3.95. The van der Waals surface area contributed by atoms with Crippen LogP contribution in [0.3, 0.4) is 0 Å². The standard InChI is InChI=1S/C15H21FN2O2/c1-17(2)8-13-7-14(19)9-18(13)10-15(20)11-3-5-12(16)6-4-11/h3-6,13-14,19H,7-10H2,1-2H3. The summed E-state index contributed by atoms with van der Waals surface area (Å²) in [6.45, 7) is 1.60. The number of ketones is 1. The number of hydrogen-bond donors (Lipinski definition) is 1. The van der Waals surface area contributed by atoms with Crippen molar-refractivity contribution in [1.82, 2.24) is 9.80 Å². The fourth-order valence-corrected chi connectivity index (χ4v) is 2.67. The molecule has 1 aliphatic rings. The lowest BCUT2D eigenvalue weighted by Crippen LogP contribution is -2.40. The van der Waals surface area contributed by atoms with E-state index in [-0.39, 0.29) is 30.3 Å². The van der Waals surface area contributed by atoms with Gasteiger partial charge in [-0.25, -0.2) is 4.39 Å². The van der Waals surface area contributed by atoms with Crippen molar-refractivity contribution >= 4 is 5.78 Å². The lowest BCUT2D eigenvalue weighted by atomic mass is 10.1. The van der Waals surface area contributed by atoms with Crippen LogP contribution in [0.25, 0.3) is 0 Å². The van der Waals surface area contributed by atoms with Gasteiger partial charge in [0.2, 0.25) is 0 Å². The maximum Gasteiger partial charge on any atom is 0.176 e. The summed E-state index contributed by atoms with van der Waals surface area (Å²) < 4.78 is 12.9. The predicted molar refractivity (Wildman–Crippen MR) is 75.3 cm³/mol. The number of aliphatic hydroxyl groups is 1. The molecular weight excluding hydrogens is 259 g/mol. The fraction of sp³-hybridized carbons (Fsp3) is 0.533. The van der Waals surface area contributed by atoms with Crippen molar-refractivity contribution in [2.45, 2.75) is 18.6 Å². The summed E-state index contributed by atoms with van der Waals surface area (Å²) in [6.07, 6.45) is 0.315. The second-order valence-corrected chi connectivity index (χ2v) is 5.67. The first-order valence-corrected chi connectivity index (χ1v) is 6.81. The van der Waals surface area contributed by atoms with Gasteiger partial charge >= 0.3 is 0 Å². The van der Waals surface area contributed by atoms with Gasteiger partial charge in [-0.3, -0.25) is 9.69 Å². The van der Waals surface area contributed by atoms with E-state index in [0.717, 1.165) is 6.54 Å². The minimum atomic E-state index is -0.374. The van der Waals surface area contributed by atoms with E-state index in [1.165, 1.54) is 24.3 Å². The zero-order valence-corrected chi connectivity index (χ0v) is 11.9. The van der Waals surface area contributed by atoms with E-state index in [1.807, 2.05) is 19.0 Å². The largest absolute Gasteiger partial charge is 0.392 e. The number of aliphatic hydroxyl groups excluding tert-OH is 1. The quantitative estimate of drug-likeness (QED) is 0.817. The second-order valence-electron chi connectivity index (χ2n) is 5.67. The molecule has 0 aliphatic carbocycles. The molecule has 2 atom stereocenters. The molecular formula is C15H21FN2O2. The Kier molecular flexibility index (Phi) is 4.86. The molecule has 0 radical (unpaired) electrons. The van der Waals surface area contributed by atoms with Crippen LogP contribution in [-0.4, -0.2) is 66.6 Å². The first-order valence-electron chi connectivity index (χ1n) is 6.81. The van der Waals surface area contributed by atoms with Gasteiger partial charge in [0.15, 0.2) is 5.78 Å². The molecule has 1 aromatic carbocycles. The van der Waals surface area contributed by atoms with E-state index in [1.54, 1.807) is 0 Å². The Morgan fingerprint density at radius 2 is 2.05 bits per heavy atom. The highest BCUT2D eigenvalue weighted by molar-refractivity contribution is 5.97. The van der Waals surface area contributed by atoms with Crippen LogP contribution in [0.1, 0.15) is 16.8 Å². The summed E-state index contributed by atoms with van der Waals surface area (Å²) in [5.74, 6) is -0.383. The monoisotopic (exact) mass is 280 g/mol. The summed E-state index contributed by atoms with van der Waals surface area (Å²) in [6, 6.07) is 5.78. The number of nitrogens with zero attached hydrogens (tertiary/aromatic N) is 2. The fourth-order valence-electron chi connectivity index (χ4n) is 2.67. The summed E-state index contributed by atoms with van der Waals surface area (Å²) >= 11 is 0. The molecule has 2 unspecified atom stereocenters. The maximum absolute atomic E-state index is 12.9. The molecule has 0 bridgehead atoms. The van der Waals surface area contributed by atoms with Gasteiger partial charge in [-0.1, -0.05) is 0 Å². The number of likely N-dealkylation sites (N-methyl/N-ethyl adjacent to an activating group) is 1. The van der Waals surface area contributed by atoms with Gasteiger partial charge in [-0.15, -0.1) is 0 Å². The zero-order chi connectivity index (χ0) is 14.7. The molecule has 110 valence electrons. The number of likely N-dealkylation sites (tertiary alicyclic amines) is 1. The Morgan fingerprint density at radius 1 is 1.40 bits per heavy atom. The molecule has 1 aromatic rings. The molecule has 4 nitrogen and oxygen atoms in total. The lowest BCUT2D eigenvalue weighted by molar-refractivity contribution is 0.0902. The SMILES string of the molecule is CN(C)CC1CC(O)CN1CC(=O)c1ccc(F)cc1. The molecule has 1 N–H and O–H groups in total. The van der Waals surface area contributed by atoms with E-state index >= 15 is 0 Å². The van der Waals surface area contributed by atoms with Crippen molar-refractivity contribution < 1.29 is 14.3 Å². The van der Waals surface area contributed by atoms with E-state index in [4.69, 9.17) is 0 Å². The Hall–Kier alpha value is -1.30. The Balaban J connectivity index is 2.00. The van der Waals surface area contributed by atoms with Crippen molar-refractivity contribution in [3.8, 4) is 0 Å². The summed E-state index contributed by atoms with van der Waals surface area (Å²) in [5.41, 5.74) is 0.511. The molecule has 1 aliphatic heterocycles. The van der Waals surface area contributed by atoms with Crippen molar-refractivity contribution in [2.24, 2.45) is 0 Å². The topological polar surface area (TPSA) is 43.8 Å². The third-order valence-corrected chi connectivity index (χ3v) is 3.59. The molecule has 0 aromatic heterocycles. The minimum absolute atomic E-state index is 0.0390. The lowest BCUT2D eigenvalue weighted by Gasteiger charge is -2.25. The number of carbonyl (C=O) groups is 1. The third kappa shape index (κ3) is 3.85. The first kappa shape index (κ1) is 15.1. The average Bonchev–Trinajstić information content (AvgIpc) is 2.69. The van der Waals surface area contributed by atoms with Crippen molar-refractivity contribution in [1.29, 1.82) is 0 Å². The van der Waals surface area contributed by atoms with Crippen molar-refractivity contribution in [3.05, 3.63) is 35.6 Å². The number of halogens is 1. The van der Waals surface area contributed by atoms with E-state index in [2.05, 4.69) is 4.90 Å². The van der Waals surface area contributed by atoms with Gasteiger partial charge in [-0.05, 0) is 44.8 Å². The van der Waals surface area contributed by atoms with Crippen LogP contribution in [0.15, 0.2) is 24.3 Å². The Labute approximate surface area is 118 Å². The number of rotatable bonds is 5. The minimum Gasteiger partial charge on any atom is -0.392 e. The predicted octanol–water partition coefficient (Wildman–Crippen LogP) is 1.01.